The fraction of sp³-hybridized carbons (Fsp3) is 0.333. The van der Waals surface area contributed by atoms with Crippen molar-refractivity contribution in [1.29, 1.82) is 0 Å². The zero-order chi connectivity index (χ0) is 13.1. The summed E-state index contributed by atoms with van der Waals surface area (Å²) in [5.74, 6) is 0. The van der Waals surface area contributed by atoms with E-state index in [4.69, 9.17) is 23.2 Å². The van der Waals surface area contributed by atoms with Gasteiger partial charge in [0.25, 0.3) is 0 Å². The van der Waals surface area contributed by atoms with Crippen molar-refractivity contribution in [1.82, 2.24) is 20.3 Å². The van der Waals surface area contributed by atoms with Crippen molar-refractivity contribution in [2.45, 2.75) is 26.4 Å². The highest BCUT2D eigenvalue weighted by Gasteiger charge is 2.10. The highest BCUT2D eigenvalue weighted by molar-refractivity contribution is 6.34. The first kappa shape index (κ1) is 13.3. The predicted molar refractivity (Wildman–Crippen MR) is 73.4 cm³/mol. The van der Waals surface area contributed by atoms with Crippen LogP contribution in [0.3, 0.4) is 0 Å². The summed E-state index contributed by atoms with van der Waals surface area (Å²) in [6, 6.07) is 5.66. The van der Waals surface area contributed by atoms with Gasteiger partial charge in [0.1, 0.15) is 0 Å². The summed E-state index contributed by atoms with van der Waals surface area (Å²) in [5.41, 5.74) is 1.68. The lowest BCUT2D eigenvalue weighted by Crippen LogP contribution is -2.23. The van der Waals surface area contributed by atoms with E-state index in [9.17, 15) is 0 Å². The van der Waals surface area contributed by atoms with E-state index in [1.54, 1.807) is 29.1 Å². The SMILES string of the molecule is CC(C)NCc1cnnn1-c1cc(Cl)ccc1Cl. The van der Waals surface area contributed by atoms with Crippen LogP contribution in [0.1, 0.15) is 19.5 Å². The van der Waals surface area contributed by atoms with E-state index < -0.39 is 0 Å². The third kappa shape index (κ3) is 3.02. The molecule has 18 heavy (non-hydrogen) atoms. The van der Waals surface area contributed by atoms with Gasteiger partial charge >= 0.3 is 0 Å². The fourth-order valence-electron chi connectivity index (χ4n) is 1.54. The van der Waals surface area contributed by atoms with Crippen LogP contribution in [0.5, 0.6) is 0 Å². The zero-order valence-electron chi connectivity index (χ0n) is 10.2. The summed E-state index contributed by atoms with van der Waals surface area (Å²) in [6.45, 7) is 4.84. The molecule has 1 heterocycles. The molecule has 1 aromatic heterocycles. The van der Waals surface area contributed by atoms with Crippen LogP contribution in [-0.4, -0.2) is 21.0 Å². The van der Waals surface area contributed by atoms with Gasteiger partial charge < -0.3 is 5.32 Å². The van der Waals surface area contributed by atoms with Crippen molar-refractivity contribution in [3.8, 4) is 5.69 Å². The van der Waals surface area contributed by atoms with Crippen molar-refractivity contribution < 1.29 is 0 Å². The Morgan fingerprint density at radius 2 is 2.11 bits per heavy atom. The molecule has 0 aliphatic carbocycles. The van der Waals surface area contributed by atoms with Crippen LogP contribution >= 0.6 is 23.2 Å². The zero-order valence-corrected chi connectivity index (χ0v) is 11.7. The summed E-state index contributed by atoms with van der Waals surface area (Å²) in [6.07, 6.45) is 1.71. The standard InChI is InChI=1S/C12H14Cl2N4/c1-8(2)15-6-10-7-16-17-18(10)12-5-9(13)3-4-11(12)14/h3-5,7-8,15H,6H2,1-2H3. The minimum Gasteiger partial charge on any atom is -0.309 e. The van der Waals surface area contributed by atoms with Crippen molar-refractivity contribution in [3.63, 3.8) is 0 Å². The Kier molecular flexibility index (Phi) is 4.22. The first-order chi connectivity index (χ1) is 8.58. The van der Waals surface area contributed by atoms with Crippen LogP contribution in [0, 0.1) is 0 Å². The molecule has 1 aromatic carbocycles. The maximum absolute atomic E-state index is 6.15. The van der Waals surface area contributed by atoms with Gasteiger partial charge in [0, 0.05) is 17.6 Å². The van der Waals surface area contributed by atoms with Gasteiger partial charge in [-0.2, -0.15) is 0 Å². The van der Waals surface area contributed by atoms with E-state index >= 15 is 0 Å². The van der Waals surface area contributed by atoms with Gasteiger partial charge in [-0.25, -0.2) is 4.68 Å². The van der Waals surface area contributed by atoms with E-state index in [-0.39, 0.29) is 0 Å². The maximum Gasteiger partial charge on any atom is 0.0868 e. The van der Waals surface area contributed by atoms with Crippen LogP contribution < -0.4 is 5.32 Å². The smallest absolute Gasteiger partial charge is 0.0868 e. The van der Waals surface area contributed by atoms with E-state index in [1.165, 1.54) is 0 Å². The molecule has 0 fully saturated rings. The molecule has 0 saturated carbocycles. The molecule has 0 unspecified atom stereocenters. The van der Waals surface area contributed by atoms with E-state index in [2.05, 4.69) is 29.5 Å². The van der Waals surface area contributed by atoms with Gasteiger partial charge in [-0.3, -0.25) is 0 Å². The second-order valence-corrected chi connectivity index (χ2v) is 5.11. The van der Waals surface area contributed by atoms with Crippen molar-refractivity contribution in [3.05, 3.63) is 40.1 Å². The highest BCUT2D eigenvalue weighted by Crippen LogP contribution is 2.24. The molecule has 0 aliphatic heterocycles. The average Bonchev–Trinajstić information content (AvgIpc) is 2.77. The molecule has 1 N–H and O–H groups in total. The molecule has 4 nitrogen and oxygen atoms in total. The van der Waals surface area contributed by atoms with Crippen LogP contribution in [-0.2, 0) is 6.54 Å². The number of hydrogen-bond acceptors (Lipinski definition) is 3. The minimum absolute atomic E-state index is 0.392. The Balaban J connectivity index is 2.33. The first-order valence-electron chi connectivity index (χ1n) is 5.66. The predicted octanol–water partition coefficient (Wildman–Crippen LogP) is 3.07. The van der Waals surface area contributed by atoms with E-state index in [1.807, 2.05) is 0 Å². The second-order valence-electron chi connectivity index (χ2n) is 4.27. The Labute approximate surface area is 116 Å². The number of rotatable bonds is 4. The average molecular weight is 285 g/mol. The topological polar surface area (TPSA) is 42.7 Å². The van der Waals surface area contributed by atoms with Crippen LogP contribution in [0.25, 0.3) is 5.69 Å². The van der Waals surface area contributed by atoms with Gasteiger partial charge in [0.05, 0.1) is 22.6 Å². The molecule has 0 aliphatic rings. The Morgan fingerprint density at radius 3 is 2.83 bits per heavy atom. The minimum atomic E-state index is 0.392. The number of nitrogens with zero attached hydrogens (tertiary/aromatic N) is 3. The van der Waals surface area contributed by atoms with Crippen molar-refractivity contribution in [2.75, 3.05) is 0 Å². The summed E-state index contributed by atoms with van der Waals surface area (Å²) in [5, 5.41) is 12.5. The summed E-state index contributed by atoms with van der Waals surface area (Å²) < 4.78 is 1.70. The third-order valence-electron chi connectivity index (χ3n) is 2.45. The molecule has 0 atom stereocenters. The quantitative estimate of drug-likeness (QED) is 0.938. The lowest BCUT2D eigenvalue weighted by Gasteiger charge is -2.11. The summed E-state index contributed by atoms with van der Waals surface area (Å²) in [7, 11) is 0. The molecule has 2 aromatic rings. The molecule has 0 radical (unpaired) electrons. The summed E-state index contributed by atoms with van der Waals surface area (Å²) >= 11 is 12.1. The molecule has 0 bridgehead atoms. The van der Waals surface area contributed by atoms with Gasteiger partial charge in [0.15, 0.2) is 0 Å². The number of halogens is 2. The molecular weight excluding hydrogens is 271 g/mol. The molecule has 0 amide bonds. The molecule has 0 saturated heterocycles. The van der Waals surface area contributed by atoms with Gasteiger partial charge in [-0.15, -0.1) is 5.10 Å². The maximum atomic E-state index is 6.15. The van der Waals surface area contributed by atoms with E-state index in [0.29, 0.717) is 22.6 Å². The largest absolute Gasteiger partial charge is 0.309 e. The van der Waals surface area contributed by atoms with Gasteiger partial charge in [0.2, 0.25) is 0 Å². The normalized spacial score (nSPS) is 11.2. The molecule has 2 rings (SSSR count). The molecule has 0 spiro atoms. The molecule has 6 heteroatoms. The second kappa shape index (κ2) is 5.69. The number of benzene rings is 1. The monoisotopic (exact) mass is 284 g/mol. The number of nitrogens with one attached hydrogen (secondary N) is 1. The molecular formula is C12H14Cl2N4. The van der Waals surface area contributed by atoms with E-state index in [0.717, 1.165) is 11.4 Å². The van der Waals surface area contributed by atoms with Gasteiger partial charge in [-0.05, 0) is 18.2 Å². The number of aromatic nitrogens is 3. The Hall–Kier alpha value is -1.10. The lowest BCUT2D eigenvalue weighted by molar-refractivity contribution is 0.570. The van der Waals surface area contributed by atoms with Crippen LogP contribution in [0.15, 0.2) is 24.4 Å². The van der Waals surface area contributed by atoms with Crippen LogP contribution in [0.2, 0.25) is 10.0 Å². The summed E-state index contributed by atoms with van der Waals surface area (Å²) in [4.78, 5) is 0. The Bertz CT molecular complexity index is 537. The van der Waals surface area contributed by atoms with Crippen molar-refractivity contribution in [2.24, 2.45) is 0 Å². The van der Waals surface area contributed by atoms with Crippen molar-refractivity contribution >= 4 is 23.2 Å². The lowest BCUT2D eigenvalue weighted by atomic mass is 10.3. The first-order valence-corrected chi connectivity index (χ1v) is 6.42. The fourth-order valence-corrected chi connectivity index (χ4v) is 1.90. The molecule has 96 valence electrons. The third-order valence-corrected chi connectivity index (χ3v) is 3.00. The van der Waals surface area contributed by atoms with Gasteiger partial charge in [-0.1, -0.05) is 42.3 Å². The Morgan fingerprint density at radius 1 is 1.33 bits per heavy atom. The highest BCUT2D eigenvalue weighted by atomic mass is 35.5. The van der Waals surface area contributed by atoms with Crippen LogP contribution in [0.4, 0.5) is 0 Å². The number of hydrogen-bond donors (Lipinski definition) is 1.